The van der Waals surface area contributed by atoms with Gasteiger partial charge in [-0.1, -0.05) is 39.0 Å². The highest BCUT2D eigenvalue weighted by Crippen LogP contribution is 2.38. The van der Waals surface area contributed by atoms with Crippen LogP contribution in [0.15, 0.2) is 18.2 Å². The molecule has 0 unspecified atom stereocenters. The SMILES string of the molecule is CC(C)(C)[Si](F)(F)c1ccc2c(c1)CCC2. The average Bonchev–Trinajstić information content (AvgIpc) is 2.61. The van der Waals surface area contributed by atoms with E-state index in [4.69, 9.17) is 0 Å². The van der Waals surface area contributed by atoms with Crippen molar-refractivity contribution in [3.05, 3.63) is 29.3 Å². The fourth-order valence-corrected chi connectivity index (χ4v) is 3.71. The lowest BCUT2D eigenvalue weighted by molar-refractivity contribution is 0.519. The normalized spacial score (nSPS) is 16.3. The van der Waals surface area contributed by atoms with Gasteiger partial charge in [0.2, 0.25) is 0 Å². The molecule has 0 spiro atoms. The molecule has 1 aromatic rings. The Morgan fingerprint density at radius 1 is 1.06 bits per heavy atom. The summed E-state index contributed by atoms with van der Waals surface area (Å²) in [4.78, 5) is 0. The van der Waals surface area contributed by atoms with Crippen LogP contribution in [-0.2, 0) is 12.8 Å². The van der Waals surface area contributed by atoms with Crippen LogP contribution in [0.4, 0.5) is 8.22 Å². The number of halogens is 2. The van der Waals surface area contributed by atoms with E-state index in [0.29, 0.717) is 5.19 Å². The molecular formula is C13H18F2Si. The third-order valence-corrected chi connectivity index (χ3v) is 6.32. The lowest BCUT2D eigenvalue weighted by atomic mass is 10.1. The first-order valence-electron chi connectivity index (χ1n) is 5.82. The maximum atomic E-state index is 14.3. The monoisotopic (exact) mass is 240 g/mol. The summed E-state index contributed by atoms with van der Waals surface area (Å²) in [6.07, 6.45) is 3.14. The van der Waals surface area contributed by atoms with Crippen LogP contribution in [0.1, 0.15) is 38.3 Å². The van der Waals surface area contributed by atoms with Gasteiger partial charge < -0.3 is 0 Å². The molecule has 16 heavy (non-hydrogen) atoms. The Labute approximate surface area is 97.0 Å². The molecule has 0 heterocycles. The van der Waals surface area contributed by atoms with E-state index in [1.54, 1.807) is 32.9 Å². The van der Waals surface area contributed by atoms with Crippen molar-refractivity contribution in [2.45, 2.75) is 45.1 Å². The molecule has 3 heteroatoms. The Morgan fingerprint density at radius 2 is 1.69 bits per heavy atom. The number of rotatable bonds is 1. The largest absolute Gasteiger partial charge is 0.460 e. The molecule has 0 saturated heterocycles. The molecule has 0 nitrogen and oxygen atoms in total. The van der Waals surface area contributed by atoms with Gasteiger partial charge in [0.15, 0.2) is 0 Å². The summed E-state index contributed by atoms with van der Waals surface area (Å²) in [5.74, 6) is 0. The Bertz CT molecular complexity index is 405. The number of benzene rings is 1. The van der Waals surface area contributed by atoms with Gasteiger partial charge in [-0.3, -0.25) is 8.22 Å². The fourth-order valence-electron chi connectivity index (χ4n) is 2.20. The Balaban J connectivity index is 2.42. The van der Waals surface area contributed by atoms with Crippen LogP contribution in [0.3, 0.4) is 0 Å². The summed E-state index contributed by atoms with van der Waals surface area (Å²) in [6, 6.07) is 5.33. The molecule has 0 fully saturated rings. The van der Waals surface area contributed by atoms with Crippen LogP contribution in [0.5, 0.6) is 0 Å². The molecule has 88 valence electrons. The average molecular weight is 240 g/mol. The van der Waals surface area contributed by atoms with Gasteiger partial charge in [0.05, 0.1) is 0 Å². The molecule has 0 aromatic heterocycles. The van der Waals surface area contributed by atoms with Gasteiger partial charge in [-0.25, -0.2) is 0 Å². The van der Waals surface area contributed by atoms with Crippen molar-refractivity contribution in [2.24, 2.45) is 0 Å². The highest BCUT2D eigenvalue weighted by molar-refractivity contribution is 6.82. The summed E-state index contributed by atoms with van der Waals surface area (Å²) < 4.78 is 28.5. The zero-order chi connectivity index (χ0) is 12.0. The van der Waals surface area contributed by atoms with Crippen LogP contribution >= 0.6 is 0 Å². The van der Waals surface area contributed by atoms with Gasteiger partial charge in [0.25, 0.3) is 0 Å². The molecule has 1 aliphatic carbocycles. The molecule has 0 bridgehead atoms. The van der Waals surface area contributed by atoms with Crippen molar-refractivity contribution in [1.29, 1.82) is 0 Å². The molecule has 0 N–H and O–H groups in total. The third kappa shape index (κ3) is 1.81. The van der Waals surface area contributed by atoms with E-state index in [0.717, 1.165) is 24.8 Å². The van der Waals surface area contributed by atoms with Crippen molar-refractivity contribution in [1.82, 2.24) is 0 Å². The standard InChI is InChI=1S/C13H18F2Si/c1-13(2,3)16(14,15)12-8-7-10-5-4-6-11(10)9-12/h7-9H,4-6H2,1-3H3. The fraction of sp³-hybridized carbons (Fsp3) is 0.538. The van der Waals surface area contributed by atoms with Gasteiger partial charge in [-0.05, 0) is 30.4 Å². The van der Waals surface area contributed by atoms with E-state index in [-0.39, 0.29) is 0 Å². The molecule has 0 radical (unpaired) electrons. The molecule has 1 aliphatic rings. The first-order chi connectivity index (χ1) is 7.32. The van der Waals surface area contributed by atoms with Crippen molar-refractivity contribution < 1.29 is 8.22 Å². The summed E-state index contributed by atoms with van der Waals surface area (Å²) in [5, 5.41) is -0.583. The van der Waals surface area contributed by atoms with E-state index in [1.165, 1.54) is 5.56 Å². The molecule has 1 aromatic carbocycles. The van der Waals surface area contributed by atoms with Crippen LogP contribution in [0, 0.1) is 0 Å². The molecule has 0 aliphatic heterocycles. The minimum atomic E-state index is -4.32. The van der Waals surface area contributed by atoms with Gasteiger partial charge in [0.1, 0.15) is 0 Å². The molecule has 0 atom stereocenters. The maximum absolute atomic E-state index is 14.3. The van der Waals surface area contributed by atoms with Crippen LogP contribution in [0.25, 0.3) is 0 Å². The quantitative estimate of drug-likeness (QED) is 0.520. The third-order valence-electron chi connectivity index (χ3n) is 3.40. The number of aryl methyl sites for hydroxylation is 2. The van der Waals surface area contributed by atoms with Crippen molar-refractivity contribution in [2.75, 3.05) is 0 Å². The van der Waals surface area contributed by atoms with E-state index >= 15 is 0 Å². The van der Waals surface area contributed by atoms with E-state index in [1.807, 2.05) is 6.07 Å². The van der Waals surface area contributed by atoms with E-state index in [9.17, 15) is 8.22 Å². The van der Waals surface area contributed by atoms with Crippen molar-refractivity contribution in [3.63, 3.8) is 0 Å². The summed E-state index contributed by atoms with van der Waals surface area (Å²) >= 11 is 0. The molecular weight excluding hydrogens is 222 g/mol. The number of hydrogen-bond donors (Lipinski definition) is 0. The highest BCUT2D eigenvalue weighted by Gasteiger charge is 2.50. The minimum absolute atomic E-state index is 0.306. The second-order valence-electron chi connectivity index (χ2n) is 5.66. The predicted octanol–water partition coefficient (Wildman–Crippen LogP) is 3.56. The topological polar surface area (TPSA) is 0 Å². The number of hydrogen-bond acceptors (Lipinski definition) is 0. The lowest BCUT2D eigenvalue weighted by Gasteiger charge is -2.27. The minimum Gasteiger partial charge on any atom is -0.264 e. The predicted molar refractivity (Wildman–Crippen MR) is 65.8 cm³/mol. The lowest BCUT2D eigenvalue weighted by Crippen LogP contribution is -2.47. The van der Waals surface area contributed by atoms with Crippen molar-refractivity contribution in [3.8, 4) is 0 Å². The second kappa shape index (κ2) is 3.66. The van der Waals surface area contributed by atoms with Gasteiger partial charge in [-0.15, -0.1) is 0 Å². The maximum Gasteiger partial charge on any atom is 0.460 e. The zero-order valence-electron chi connectivity index (χ0n) is 10.1. The van der Waals surface area contributed by atoms with Gasteiger partial charge >= 0.3 is 8.74 Å². The van der Waals surface area contributed by atoms with Gasteiger partial charge in [-0.2, -0.15) is 0 Å². The van der Waals surface area contributed by atoms with Crippen LogP contribution < -0.4 is 5.19 Å². The Morgan fingerprint density at radius 3 is 2.31 bits per heavy atom. The van der Waals surface area contributed by atoms with Crippen LogP contribution in [-0.4, -0.2) is 8.74 Å². The summed E-state index contributed by atoms with van der Waals surface area (Å²) in [5.41, 5.74) is 2.41. The van der Waals surface area contributed by atoms with Crippen LogP contribution in [0.2, 0.25) is 5.04 Å². The number of fused-ring (bicyclic) bond motifs is 1. The summed E-state index contributed by atoms with van der Waals surface area (Å²) in [7, 11) is -4.32. The summed E-state index contributed by atoms with van der Waals surface area (Å²) in [6.45, 7) is 4.94. The molecule has 0 amide bonds. The van der Waals surface area contributed by atoms with Gasteiger partial charge in [0, 0.05) is 10.2 Å². The Hall–Kier alpha value is -0.703. The van der Waals surface area contributed by atoms with E-state index < -0.39 is 13.8 Å². The highest BCUT2D eigenvalue weighted by atomic mass is 28.4. The molecule has 0 saturated carbocycles. The first kappa shape index (κ1) is 11.8. The molecule has 2 rings (SSSR count). The Kier molecular flexibility index (Phi) is 2.69. The van der Waals surface area contributed by atoms with E-state index in [2.05, 4.69) is 0 Å². The zero-order valence-corrected chi connectivity index (χ0v) is 11.1. The second-order valence-corrected chi connectivity index (χ2v) is 8.89. The first-order valence-corrected chi connectivity index (χ1v) is 7.58. The van der Waals surface area contributed by atoms with Crippen molar-refractivity contribution >= 4 is 13.9 Å². The smallest absolute Gasteiger partial charge is 0.264 e.